The van der Waals surface area contributed by atoms with E-state index in [0.29, 0.717) is 6.04 Å². The molecule has 1 aliphatic carbocycles. The highest BCUT2D eigenvalue weighted by atomic mass is 15.3. The van der Waals surface area contributed by atoms with Crippen LogP contribution in [0.3, 0.4) is 0 Å². The van der Waals surface area contributed by atoms with Gasteiger partial charge < -0.3 is 0 Å². The first-order valence-corrected chi connectivity index (χ1v) is 5.89. The highest BCUT2D eigenvalue weighted by Gasteiger charge is 2.20. The molecule has 1 saturated carbocycles. The minimum absolute atomic E-state index is 0.588. The van der Waals surface area contributed by atoms with Gasteiger partial charge in [-0.05, 0) is 31.0 Å². The van der Waals surface area contributed by atoms with Gasteiger partial charge in [0, 0.05) is 24.2 Å². The molecule has 2 aromatic rings. The lowest BCUT2D eigenvalue weighted by Gasteiger charge is -2.13. The Balaban J connectivity index is 1.99. The van der Waals surface area contributed by atoms with Gasteiger partial charge in [0.25, 0.3) is 0 Å². The molecule has 2 heterocycles. The topological polar surface area (TPSA) is 30.7 Å². The maximum Gasteiger partial charge on any atom is 0.0701 e. The first-order chi connectivity index (χ1) is 7.95. The second-order valence-electron chi connectivity index (χ2n) is 4.34. The average Bonchev–Trinajstić information content (AvgIpc) is 3.01. The molecule has 82 valence electrons. The Morgan fingerprint density at radius 2 is 2.00 bits per heavy atom. The van der Waals surface area contributed by atoms with Crippen LogP contribution in [0.25, 0.3) is 11.3 Å². The summed E-state index contributed by atoms with van der Waals surface area (Å²) in [7, 11) is 0. The molecule has 0 unspecified atom stereocenters. The molecule has 3 nitrogen and oxygen atoms in total. The van der Waals surface area contributed by atoms with Gasteiger partial charge in [0.15, 0.2) is 0 Å². The van der Waals surface area contributed by atoms with Crippen molar-refractivity contribution in [3.8, 4) is 11.3 Å². The highest BCUT2D eigenvalue weighted by Crippen LogP contribution is 2.32. The number of hydrogen-bond acceptors (Lipinski definition) is 2. The zero-order valence-electron chi connectivity index (χ0n) is 9.21. The van der Waals surface area contributed by atoms with E-state index in [-0.39, 0.29) is 0 Å². The SMILES string of the molecule is c1cncc(-c2ccnn2C2CCCC2)c1. The molecular weight excluding hydrogens is 198 g/mol. The van der Waals surface area contributed by atoms with Gasteiger partial charge in [-0.3, -0.25) is 9.67 Å². The van der Waals surface area contributed by atoms with E-state index in [1.165, 1.54) is 31.4 Å². The van der Waals surface area contributed by atoms with Gasteiger partial charge >= 0.3 is 0 Å². The van der Waals surface area contributed by atoms with E-state index in [9.17, 15) is 0 Å². The second-order valence-corrected chi connectivity index (χ2v) is 4.34. The number of nitrogens with zero attached hydrogens (tertiary/aromatic N) is 3. The zero-order valence-corrected chi connectivity index (χ0v) is 9.21. The fourth-order valence-electron chi connectivity index (χ4n) is 2.50. The molecule has 0 bridgehead atoms. The lowest BCUT2D eigenvalue weighted by atomic mass is 10.2. The molecular formula is C13H15N3. The van der Waals surface area contributed by atoms with E-state index >= 15 is 0 Å². The second kappa shape index (κ2) is 4.08. The van der Waals surface area contributed by atoms with Crippen LogP contribution in [0.1, 0.15) is 31.7 Å². The number of pyridine rings is 1. The third-order valence-electron chi connectivity index (χ3n) is 3.30. The number of hydrogen-bond donors (Lipinski definition) is 0. The maximum atomic E-state index is 4.46. The summed E-state index contributed by atoms with van der Waals surface area (Å²) in [6, 6.07) is 6.73. The minimum atomic E-state index is 0.588. The summed E-state index contributed by atoms with van der Waals surface area (Å²) in [5.74, 6) is 0. The van der Waals surface area contributed by atoms with Crippen LogP contribution in [0.4, 0.5) is 0 Å². The Morgan fingerprint density at radius 1 is 1.12 bits per heavy atom. The van der Waals surface area contributed by atoms with Crippen molar-refractivity contribution in [2.24, 2.45) is 0 Å². The van der Waals surface area contributed by atoms with Crippen LogP contribution >= 0.6 is 0 Å². The van der Waals surface area contributed by atoms with Gasteiger partial charge in [-0.1, -0.05) is 12.8 Å². The number of aromatic nitrogens is 3. The monoisotopic (exact) mass is 213 g/mol. The van der Waals surface area contributed by atoms with Crippen molar-refractivity contribution in [1.82, 2.24) is 14.8 Å². The summed E-state index contributed by atoms with van der Waals surface area (Å²) in [4.78, 5) is 4.17. The van der Waals surface area contributed by atoms with Gasteiger partial charge in [0.2, 0.25) is 0 Å². The summed E-state index contributed by atoms with van der Waals surface area (Å²) in [5, 5.41) is 4.46. The summed E-state index contributed by atoms with van der Waals surface area (Å²) < 4.78 is 2.17. The predicted molar refractivity (Wildman–Crippen MR) is 63.0 cm³/mol. The van der Waals surface area contributed by atoms with Crippen molar-refractivity contribution in [2.75, 3.05) is 0 Å². The molecule has 0 radical (unpaired) electrons. The van der Waals surface area contributed by atoms with Gasteiger partial charge in [0.1, 0.15) is 0 Å². The molecule has 0 N–H and O–H groups in total. The normalized spacial score (nSPS) is 16.8. The van der Waals surface area contributed by atoms with Gasteiger partial charge in [-0.25, -0.2) is 0 Å². The minimum Gasteiger partial charge on any atom is -0.264 e. The third-order valence-corrected chi connectivity index (χ3v) is 3.30. The smallest absolute Gasteiger partial charge is 0.0701 e. The lowest BCUT2D eigenvalue weighted by Crippen LogP contribution is -2.07. The highest BCUT2D eigenvalue weighted by molar-refractivity contribution is 5.57. The van der Waals surface area contributed by atoms with Crippen LogP contribution in [0, 0.1) is 0 Å². The Kier molecular flexibility index (Phi) is 2.44. The largest absolute Gasteiger partial charge is 0.264 e. The van der Waals surface area contributed by atoms with Crippen molar-refractivity contribution in [2.45, 2.75) is 31.7 Å². The van der Waals surface area contributed by atoms with Crippen molar-refractivity contribution in [3.63, 3.8) is 0 Å². The third kappa shape index (κ3) is 1.62. The Bertz CT molecular complexity index is 455. The summed E-state index contributed by atoms with van der Waals surface area (Å²) in [5.41, 5.74) is 2.35. The van der Waals surface area contributed by atoms with Crippen LogP contribution in [-0.4, -0.2) is 14.8 Å². The van der Waals surface area contributed by atoms with Gasteiger partial charge in [-0.2, -0.15) is 5.10 Å². The van der Waals surface area contributed by atoms with Crippen LogP contribution in [-0.2, 0) is 0 Å². The molecule has 2 aromatic heterocycles. The quantitative estimate of drug-likeness (QED) is 0.767. The zero-order chi connectivity index (χ0) is 10.8. The van der Waals surface area contributed by atoms with Crippen molar-refractivity contribution in [1.29, 1.82) is 0 Å². The maximum absolute atomic E-state index is 4.46. The van der Waals surface area contributed by atoms with Crippen molar-refractivity contribution in [3.05, 3.63) is 36.8 Å². The molecule has 3 rings (SSSR count). The summed E-state index contributed by atoms with van der Waals surface area (Å²) >= 11 is 0. The van der Waals surface area contributed by atoms with E-state index in [1.54, 1.807) is 6.20 Å². The van der Waals surface area contributed by atoms with E-state index in [0.717, 1.165) is 5.56 Å². The molecule has 0 amide bonds. The first-order valence-electron chi connectivity index (χ1n) is 5.89. The van der Waals surface area contributed by atoms with Crippen molar-refractivity contribution >= 4 is 0 Å². The lowest BCUT2D eigenvalue weighted by molar-refractivity contribution is 0.472. The Morgan fingerprint density at radius 3 is 2.75 bits per heavy atom. The molecule has 1 aliphatic rings. The van der Waals surface area contributed by atoms with Gasteiger partial charge in [-0.15, -0.1) is 0 Å². The molecule has 0 aromatic carbocycles. The average molecular weight is 213 g/mol. The van der Waals surface area contributed by atoms with Crippen LogP contribution in [0.5, 0.6) is 0 Å². The Hall–Kier alpha value is -1.64. The van der Waals surface area contributed by atoms with Crippen LogP contribution in [0.2, 0.25) is 0 Å². The fraction of sp³-hybridized carbons (Fsp3) is 0.385. The van der Waals surface area contributed by atoms with E-state index in [4.69, 9.17) is 0 Å². The molecule has 0 saturated heterocycles. The standard InChI is InChI=1S/C13H15N3/c1-2-6-12(5-1)16-13(7-9-15-16)11-4-3-8-14-10-11/h3-4,7-10,12H,1-2,5-6H2. The fourth-order valence-corrected chi connectivity index (χ4v) is 2.50. The van der Waals surface area contributed by atoms with Gasteiger partial charge in [0.05, 0.1) is 11.7 Å². The first kappa shape index (κ1) is 9.58. The summed E-state index contributed by atoms with van der Waals surface area (Å²) in [6.07, 6.45) is 10.8. The number of rotatable bonds is 2. The predicted octanol–water partition coefficient (Wildman–Crippen LogP) is 3.06. The van der Waals surface area contributed by atoms with Crippen molar-refractivity contribution < 1.29 is 0 Å². The molecule has 16 heavy (non-hydrogen) atoms. The summed E-state index contributed by atoms with van der Waals surface area (Å²) in [6.45, 7) is 0. The molecule has 0 spiro atoms. The molecule has 1 fully saturated rings. The molecule has 3 heteroatoms. The van der Waals surface area contributed by atoms with E-state index in [1.807, 2.05) is 18.5 Å². The van der Waals surface area contributed by atoms with E-state index < -0.39 is 0 Å². The van der Waals surface area contributed by atoms with Crippen LogP contribution in [0.15, 0.2) is 36.8 Å². The molecule has 0 aliphatic heterocycles. The molecule has 0 atom stereocenters. The van der Waals surface area contributed by atoms with Crippen LogP contribution < -0.4 is 0 Å². The Labute approximate surface area is 95.1 Å². The van der Waals surface area contributed by atoms with E-state index in [2.05, 4.69) is 26.9 Å².